The molecular weight excluding hydrogens is 230 g/mol. The van der Waals surface area contributed by atoms with E-state index in [2.05, 4.69) is 5.32 Å². The lowest BCUT2D eigenvalue weighted by Gasteiger charge is -2.16. The van der Waals surface area contributed by atoms with Crippen molar-refractivity contribution in [1.82, 2.24) is 0 Å². The average molecular weight is 244 g/mol. The quantitative estimate of drug-likeness (QED) is 0.755. The number of benzene rings is 1. The van der Waals surface area contributed by atoms with Gasteiger partial charge in [-0.2, -0.15) is 0 Å². The number of aliphatic carboxylic acids is 1. The van der Waals surface area contributed by atoms with E-state index in [0.717, 1.165) is 11.1 Å². The largest absolute Gasteiger partial charge is 0.480 e. The normalized spacial score (nSPS) is 12.2. The van der Waals surface area contributed by atoms with Crippen molar-refractivity contribution in [3.63, 3.8) is 0 Å². The van der Waals surface area contributed by atoms with Gasteiger partial charge in [-0.05, 0) is 31.0 Å². The van der Waals surface area contributed by atoms with Crippen LogP contribution in [0.5, 0.6) is 0 Å². The molecule has 0 amide bonds. The van der Waals surface area contributed by atoms with E-state index in [1.54, 1.807) is 19.1 Å². The number of halogens is 1. The number of nitrogens with one attached hydrogen (secondary N) is 1. The summed E-state index contributed by atoms with van der Waals surface area (Å²) in [4.78, 5) is 10.7. The molecule has 1 rings (SSSR count). The maximum absolute atomic E-state index is 10.7. The first-order chi connectivity index (χ1) is 7.47. The first kappa shape index (κ1) is 12.8. The van der Waals surface area contributed by atoms with Gasteiger partial charge in [0.15, 0.2) is 0 Å². The zero-order chi connectivity index (χ0) is 12.3. The van der Waals surface area contributed by atoms with Crippen LogP contribution in [-0.2, 0) is 4.79 Å². The van der Waals surface area contributed by atoms with E-state index in [1.807, 2.05) is 6.92 Å². The van der Waals surface area contributed by atoms with Gasteiger partial charge in [-0.3, -0.25) is 0 Å². The molecule has 0 aliphatic rings. The van der Waals surface area contributed by atoms with E-state index >= 15 is 0 Å². The van der Waals surface area contributed by atoms with Gasteiger partial charge in [0.25, 0.3) is 0 Å². The van der Waals surface area contributed by atoms with Gasteiger partial charge >= 0.3 is 5.97 Å². The summed E-state index contributed by atoms with van der Waals surface area (Å²) in [5.41, 5.74) is 2.33. The average Bonchev–Trinajstić information content (AvgIpc) is 2.25. The Bertz CT molecular complexity index is 406. The molecule has 5 heteroatoms. The lowest BCUT2D eigenvalue weighted by Crippen LogP contribution is -2.33. The second kappa shape index (κ2) is 5.18. The standard InChI is InChI=1S/C11H14ClNO3/c1-6-3-4-8(7(2)10(6)12)13-9(5-14)11(15)16/h3-4,9,13-14H,5H2,1-2H3,(H,15,16). The Kier molecular flexibility index (Phi) is 4.15. The topological polar surface area (TPSA) is 69.6 Å². The second-order valence-corrected chi connectivity index (χ2v) is 3.96. The van der Waals surface area contributed by atoms with Crippen LogP contribution in [0.25, 0.3) is 0 Å². The fourth-order valence-corrected chi connectivity index (χ4v) is 1.51. The molecule has 3 N–H and O–H groups in total. The SMILES string of the molecule is Cc1ccc(NC(CO)C(=O)O)c(C)c1Cl. The van der Waals surface area contributed by atoms with Crippen LogP contribution in [0.3, 0.4) is 0 Å². The predicted octanol–water partition coefficient (Wildman–Crippen LogP) is 1.81. The number of hydrogen-bond acceptors (Lipinski definition) is 3. The third-order valence-corrected chi connectivity index (χ3v) is 2.97. The lowest BCUT2D eigenvalue weighted by atomic mass is 10.1. The molecule has 0 aliphatic carbocycles. The van der Waals surface area contributed by atoms with Crippen LogP contribution in [0.4, 0.5) is 5.69 Å². The minimum atomic E-state index is -1.10. The van der Waals surface area contributed by atoms with Crippen molar-refractivity contribution in [2.24, 2.45) is 0 Å². The van der Waals surface area contributed by atoms with Crippen molar-refractivity contribution in [1.29, 1.82) is 0 Å². The number of carboxylic acids is 1. The first-order valence-electron chi connectivity index (χ1n) is 4.83. The number of aliphatic hydroxyl groups excluding tert-OH is 1. The molecule has 0 radical (unpaired) electrons. The summed E-state index contributed by atoms with van der Waals surface area (Å²) < 4.78 is 0. The monoisotopic (exact) mass is 243 g/mol. The molecule has 1 aromatic rings. The van der Waals surface area contributed by atoms with Gasteiger partial charge in [0.2, 0.25) is 0 Å². The highest BCUT2D eigenvalue weighted by atomic mass is 35.5. The van der Waals surface area contributed by atoms with Crippen LogP contribution in [0.15, 0.2) is 12.1 Å². The molecule has 16 heavy (non-hydrogen) atoms. The molecule has 0 saturated heterocycles. The number of aliphatic hydroxyl groups is 1. The van der Waals surface area contributed by atoms with Crippen molar-refractivity contribution in [2.45, 2.75) is 19.9 Å². The van der Waals surface area contributed by atoms with E-state index in [1.165, 1.54) is 0 Å². The molecule has 0 heterocycles. The maximum Gasteiger partial charge on any atom is 0.328 e. The third-order valence-electron chi connectivity index (χ3n) is 2.39. The Labute approximate surface area is 98.9 Å². The van der Waals surface area contributed by atoms with Gasteiger partial charge in [0.05, 0.1) is 6.61 Å². The van der Waals surface area contributed by atoms with Gasteiger partial charge in [-0.15, -0.1) is 0 Å². The summed E-state index contributed by atoms with van der Waals surface area (Å²) in [6, 6.07) is 2.54. The molecule has 0 aromatic heterocycles. The van der Waals surface area contributed by atoms with Gasteiger partial charge in [-0.25, -0.2) is 4.79 Å². The van der Waals surface area contributed by atoms with E-state index in [0.29, 0.717) is 10.7 Å². The van der Waals surface area contributed by atoms with Crippen molar-refractivity contribution in [2.75, 3.05) is 11.9 Å². The Balaban J connectivity index is 2.97. The number of anilines is 1. The number of carbonyl (C=O) groups is 1. The highest BCUT2D eigenvalue weighted by Crippen LogP contribution is 2.27. The first-order valence-corrected chi connectivity index (χ1v) is 5.21. The van der Waals surface area contributed by atoms with Crippen molar-refractivity contribution < 1.29 is 15.0 Å². The van der Waals surface area contributed by atoms with Crippen LogP contribution in [-0.4, -0.2) is 28.8 Å². The Morgan fingerprint density at radius 1 is 1.50 bits per heavy atom. The summed E-state index contributed by atoms with van der Waals surface area (Å²) >= 11 is 6.04. The minimum Gasteiger partial charge on any atom is -0.480 e. The Morgan fingerprint density at radius 2 is 2.12 bits per heavy atom. The van der Waals surface area contributed by atoms with Gasteiger partial charge < -0.3 is 15.5 Å². The fraction of sp³-hybridized carbons (Fsp3) is 0.364. The molecule has 4 nitrogen and oxygen atoms in total. The molecular formula is C11H14ClNO3. The van der Waals surface area contributed by atoms with Crippen molar-refractivity contribution in [3.05, 3.63) is 28.3 Å². The predicted molar refractivity (Wildman–Crippen MR) is 63.1 cm³/mol. The van der Waals surface area contributed by atoms with Crippen LogP contribution >= 0.6 is 11.6 Å². The van der Waals surface area contributed by atoms with Gasteiger partial charge in [-0.1, -0.05) is 17.7 Å². The van der Waals surface area contributed by atoms with E-state index < -0.39 is 18.6 Å². The molecule has 1 aromatic carbocycles. The third kappa shape index (κ3) is 2.65. The molecule has 1 atom stereocenters. The summed E-state index contributed by atoms with van der Waals surface area (Å²) in [5.74, 6) is -1.10. The number of rotatable bonds is 4. The highest BCUT2D eigenvalue weighted by Gasteiger charge is 2.17. The zero-order valence-electron chi connectivity index (χ0n) is 9.12. The highest BCUT2D eigenvalue weighted by molar-refractivity contribution is 6.32. The van der Waals surface area contributed by atoms with E-state index in [9.17, 15) is 4.79 Å². The fourth-order valence-electron chi connectivity index (χ4n) is 1.35. The Hall–Kier alpha value is -1.26. The van der Waals surface area contributed by atoms with Crippen LogP contribution in [0.1, 0.15) is 11.1 Å². The Morgan fingerprint density at radius 3 is 2.62 bits per heavy atom. The van der Waals surface area contributed by atoms with Crippen LogP contribution in [0, 0.1) is 13.8 Å². The second-order valence-electron chi connectivity index (χ2n) is 3.59. The summed E-state index contributed by atoms with van der Waals surface area (Å²) in [5, 5.41) is 21.0. The molecule has 0 fully saturated rings. The molecule has 0 aliphatic heterocycles. The minimum absolute atomic E-state index is 0.472. The number of aryl methyl sites for hydroxylation is 1. The van der Waals surface area contributed by atoms with Crippen LogP contribution in [0.2, 0.25) is 5.02 Å². The molecule has 88 valence electrons. The summed E-state index contributed by atoms with van der Waals surface area (Å²) in [7, 11) is 0. The smallest absolute Gasteiger partial charge is 0.328 e. The van der Waals surface area contributed by atoms with E-state index in [4.69, 9.17) is 21.8 Å². The number of carboxylic acid groups (broad SMARTS) is 1. The van der Waals surface area contributed by atoms with Crippen LogP contribution < -0.4 is 5.32 Å². The molecule has 0 spiro atoms. The van der Waals surface area contributed by atoms with E-state index in [-0.39, 0.29) is 0 Å². The number of hydrogen-bond donors (Lipinski definition) is 3. The zero-order valence-corrected chi connectivity index (χ0v) is 9.88. The van der Waals surface area contributed by atoms with Gasteiger partial charge in [0, 0.05) is 10.7 Å². The maximum atomic E-state index is 10.7. The lowest BCUT2D eigenvalue weighted by molar-refractivity contribution is -0.138. The molecule has 1 unspecified atom stereocenters. The summed E-state index contributed by atoms with van der Waals surface area (Å²) in [6.45, 7) is 3.20. The molecule has 0 saturated carbocycles. The summed E-state index contributed by atoms with van der Waals surface area (Å²) in [6.07, 6.45) is 0. The molecule has 0 bridgehead atoms. The van der Waals surface area contributed by atoms with Gasteiger partial charge in [0.1, 0.15) is 6.04 Å². The van der Waals surface area contributed by atoms with Crippen molar-refractivity contribution in [3.8, 4) is 0 Å². The van der Waals surface area contributed by atoms with Crippen molar-refractivity contribution >= 4 is 23.3 Å².